The number of benzene rings is 1. The monoisotopic (exact) mass is 499 g/mol. The van der Waals surface area contributed by atoms with Gasteiger partial charge in [-0.1, -0.05) is 17.7 Å². The molecule has 176 valence electrons. The fraction of sp³-hybridized carbons (Fsp3) is 0.174. The molecule has 0 atom stereocenters. The molecule has 3 heterocycles. The Morgan fingerprint density at radius 1 is 1.21 bits per heavy atom. The lowest BCUT2D eigenvalue weighted by Crippen LogP contribution is -2.29. The highest BCUT2D eigenvalue weighted by Gasteiger charge is 2.22. The molecule has 0 spiro atoms. The predicted octanol–water partition coefficient (Wildman–Crippen LogP) is 3.56. The fourth-order valence-electron chi connectivity index (χ4n) is 3.69. The van der Waals surface area contributed by atoms with Crippen molar-refractivity contribution in [1.82, 2.24) is 24.1 Å². The highest BCUT2D eigenvalue weighted by Crippen LogP contribution is 2.27. The molecule has 1 N–H and O–H groups in total. The number of methoxy groups -OCH3 is 1. The van der Waals surface area contributed by atoms with E-state index in [1.165, 1.54) is 19.3 Å². The summed E-state index contributed by atoms with van der Waals surface area (Å²) in [5, 5.41) is 5.81. The number of ether oxygens (including phenoxy) is 1. The average molecular weight is 500 g/mol. The van der Waals surface area contributed by atoms with Crippen LogP contribution in [0.1, 0.15) is 16.8 Å². The van der Waals surface area contributed by atoms with Gasteiger partial charge in [0.15, 0.2) is 0 Å². The Kier molecular flexibility index (Phi) is 6.20. The van der Waals surface area contributed by atoms with E-state index in [1.807, 2.05) is 23.8 Å². The molecule has 4 aromatic rings. The van der Waals surface area contributed by atoms with Crippen molar-refractivity contribution in [1.29, 1.82) is 0 Å². The first-order valence-corrected chi connectivity index (χ1v) is 12.0. The van der Waals surface area contributed by atoms with Crippen LogP contribution in [0.15, 0.2) is 53.7 Å². The van der Waals surface area contributed by atoms with Crippen molar-refractivity contribution < 1.29 is 17.9 Å². The third-order valence-electron chi connectivity index (χ3n) is 5.20. The second-order valence-corrected chi connectivity index (χ2v) is 9.74. The van der Waals surface area contributed by atoms with Crippen molar-refractivity contribution >= 4 is 44.6 Å². The number of hydrogen-bond acceptors (Lipinski definition) is 6. The van der Waals surface area contributed by atoms with Gasteiger partial charge in [-0.25, -0.2) is 18.1 Å². The average Bonchev–Trinajstić information content (AvgIpc) is 3.30. The van der Waals surface area contributed by atoms with Crippen LogP contribution in [0.4, 0.5) is 0 Å². The van der Waals surface area contributed by atoms with Gasteiger partial charge in [-0.2, -0.15) is 5.10 Å². The van der Waals surface area contributed by atoms with Crippen LogP contribution in [0, 0.1) is 13.8 Å². The highest BCUT2D eigenvalue weighted by atomic mass is 35.5. The number of halogens is 1. The normalized spacial score (nSPS) is 11.9. The molecular weight excluding hydrogens is 478 g/mol. The second kappa shape index (κ2) is 8.96. The van der Waals surface area contributed by atoms with Gasteiger partial charge in [-0.05, 0) is 49.8 Å². The summed E-state index contributed by atoms with van der Waals surface area (Å²) < 4.78 is 36.2. The quantitative estimate of drug-likeness (QED) is 0.406. The van der Waals surface area contributed by atoms with Gasteiger partial charge in [-0.3, -0.25) is 14.0 Å². The van der Waals surface area contributed by atoms with Gasteiger partial charge < -0.3 is 4.74 Å². The minimum absolute atomic E-state index is 0.121. The smallest absolute Gasteiger partial charge is 0.267 e. The Hall–Kier alpha value is -3.63. The Morgan fingerprint density at radius 3 is 2.71 bits per heavy atom. The first kappa shape index (κ1) is 23.5. The Balaban J connectivity index is 1.65. The lowest BCUT2D eigenvalue weighted by molar-refractivity contribution is -0.114. The molecule has 0 aliphatic carbocycles. The van der Waals surface area contributed by atoms with Gasteiger partial charge in [-0.15, -0.1) is 0 Å². The lowest BCUT2D eigenvalue weighted by atomic mass is 10.2. The highest BCUT2D eigenvalue weighted by molar-refractivity contribution is 7.90. The van der Waals surface area contributed by atoms with Crippen molar-refractivity contribution in [2.75, 3.05) is 7.11 Å². The summed E-state index contributed by atoms with van der Waals surface area (Å²) in [7, 11) is -0.994. The zero-order valence-corrected chi connectivity index (χ0v) is 20.5. The van der Waals surface area contributed by atoms with Crippen LogP contribution >= 0.6 is 11.6 Å². The number of aryl methyl sites for hydroxylation is 3. The molecule has 0 fully saturated rings. The van der Waals surface area contributed by atoms with E-state index in [-0.39, 0.29) is 10.6 Å². The zero-order valence-electron chi connectivity index (χ0n) is 18.9. The number of nitrogens with one attached hydrogen (secondary N) is 1. The largest absolute Gasteiger partial charge is 0.495 e. The molecule has 34 heavy (non-hydrogen) atoms. The van der Waals surface area contributed by atoms with E-state index in [2.05, 4.69) is 14.8 Å². The number of sulfonamides is 1. The number of nitrogens with zero attached hydrogens (tertiary/aromatic N) is 4. The number of carbonyl (C=O) groups excluding carboxylic acids is 1. The van der Waals surface area contributed by atoms with E-state index in [9.17, 15) is 13.2 Å². The van der Waals surface area contributed by atoms with E-state index in [0.717, 1.165) is 17.0 Å². The SMILES string of the molecule is COc1cc(C)ccc1S(=O)(=O)NC(=O)C=Cc1c(C)nn(C)c1-n1ccc2cc(Cl)cnc21. The van der Waals surface area contributed by atoms with Gasteiger partial charge >= 0.3 is 0 Å². The summed E-state index contributed by atoms with van der Waals surface area (Å²) in [6, 6.07) is 8.29. The molecule has 3 aromatic heterocycles. The summed E-state index contributed by atoms with van der Waals surface area (Å²) in [4.78, 5) is 16.8. The summed E-state index contributed by atoms with van der Waals surface area (Å²) in [5.74, 6) is 0.00953. The molecule has 9 nitrogen and oxygen atoms in total. The molecule has 0 saturated carbocycles. The lowest BCUT2D eigenvalue weighted by Gasteiger charge is -2.10. The zero-order chi connectivity index (χ0) is 24.6. The van der Waals surface area contributed by atoms with E-state index in [1.54, 1.807) is 43.0 Å². The molecule has 1 aromatic carbocycles. The van der Waals surface area contributed by atoms with Crippen LogP contribution in [0.2, 0.25) is 5.02 Å². The standard InChI is InChI=1S/C23H22ClN5O4S/c1-14-5-7-20(19(11-14)33-4)34(31,32)27-21(30)8-6-18-15(2)26-28(3)23(18)29-10-9-16-12-17(24)13-25-22(16)29/h5-13H,1-4H3,(H,27,30). The third kappa shape index (κ3) is 4.42. The van der Waals surface area contributed by atoms with Crippen molar-refractivity contribution in [3.63, 3.8) is 0 Å². The molecule has 0 aliphatic heterocycles. The topological polar surface area (TPSA) is 108 Å². The van der Waals surface area contributed by atoms with Crippen LogP contribution in [-0.4, -0.2) is 40.8 Å². The third-order valence-corrected chi connectivity index (χ3v) is 6.80. The fourth-order valence-corrected chi connectivity index (χ4v) is 4.95. The summed E-state index contributed by atoms with van der Waals surface area (Å²) in [6.45, 7) is 3.61. The van der Waals surface area contributed by atoms with Gasteiger partial charge in [0.1, 0.15) is 22.1 Å². The van der Waals surface area contributed by atoms with Gasteiger partial charge in [0, 0.05) is 36.5 Å². The van der Waals surface area contributed by atoms with Crippen molar-refractivity contribution in [2.24, 2.45) is 7.05 Å². The molecule has 1 amide bonds. The van der Waals surface area contributed by atoms with Crippen molar-refractivity contribution in [3.05, 3.63) is 70.6 Å². The van der Waals surface area contributed by atoms with E-state index >= 15 is 0 Å². The summed E-state index contributed by atoms with van der Waals surface area (Å²) in [6.07, 6.45) is 6.06. The second-order valence-electron chi connectivity index (χ2n) is 7.66. The number of amides is 1. The molecule has 11 heteroatoms. The minimum Gasteiger partial charge on any atom is -0.495 e. The van der Waals surface area contributed by atoms with Gasteiger partial charge in [0.05, 0.1) is 17.8 Å². The van der Waals surface area contributed by atoms with E-state index in [4.69, 9.17) is 16.3 Å². The maximum atomic E-state index is 12.8. The van der Waals surface area contributed by atoms with Crippen LogP contribution in [0.5, 0.6) is 5.75 Å². The molecule has 0 aliphatic rings. The van der Waals surface area contributed by atoms with E-state index < -0.39 is 15.9 Å². The van der Waals surface area contributed by atoms with Gasteiger partial charge in [0.2, 0.25) is 0 Å². The van der Waals surface area contributed by atoms with E-state index in [0.29, 0.717) is 27.7 Å². The van der Waals surface area contributed by atoms with Crippen molar-refractivity contribution in [2.45, 2.75) is 18.7 Å². The van der Waals surface area contributed by atoms with Crippen LogP contribution in [0.3, 0.4) is 0 Å². The van der Waals surface area contributed by atoms with Gasteiger partial charge in [0.25, 0.3) is 15.9 Å². The first-order valence-electron chi connectivity index (χ1n) is 10.2. The Bertz CT molecular complexity index is 1550. The number of rotatable bonds is 6. The maximum Gasteiger partial charge on any atom is 0.267 e. The van der Waals surface area contributed by atoms with Crippen LogP contribution in [-0.2, 0) is 21.9 Å². The number of carbonyl (C=O) groups is 1. The molecule has 0 unspecified atom stereocenters. The first-order chi connectivity index (χ1) is 16.1. The molecular formula is C23H22ClN5O4S. The molecule has 4 rings (SSSR count). The van der Waals surface area contributed by atoms with Crippen LogP contribution in [0.25, 0.3) is 22.9 Å². The number of pyridine rings is 1. The maximum absolute atomic E-state index is 12.8. The summed E-state index contributed by atoms with van der Waals surface area (Å²) >= 11 is 6.05. The molecule has 0 saturated heterocycles. The van der Waals surface area contributed by atoms with Crippen LogP contribution < -0.4 is 9.46 Å². The number of aromatic nitrogens is 4. The van der Waals surface area contributed by atoms with Crippen molar-refractivity contribution in [3.8, 4) is 11.6 Å². The summed E-state index contributed by atoms with van der Waals surface area (Å²) in [5.41, 5.74) is 2.79. The number of hydrogen-bond donors (Lipinski definition) is 1. The molecule has 0 bridgehead atoms. The molecule has 0 radical (unpaired) electrons. The Morgan fingerprint density at radius 2 is 1.97 bits per heavy atom. The predicted molar refractivity (Wildman–Crippen MR) is 130 cm³/mol. The number of fused-ring (bicyclic) bond motifs is 1. The Labute approximate surface area is 201 Å². The minimum atomic E-state index is -4.14.